The first-order chi connectivity index (χ1) is 19.9. The van der Waals surface area contributed by atoms with Gasteiger partial charge in [0.1, 0.15) is 12.2 Å². The Labute approximate surface area is 239 Å². The highest BCUT2D eigenvalue weighted by Crippen LogP contribution is 2.44. The molecule has 3 aromatic carbocycles. The van der Waals surface area contributed by atoms with Crippen molar-refractivity contribution in [3.05, 3.63) is 107 Å². The van der Waals surface area contributed by atoms with Crippen molar-refractivity contribution in [2.45, 2.75) is 49.8 Å². The van der Waals surface area contributed by atoms with E-state index in [0.29, 0.717) is 30.8 Å². The third kappa shape index (κ3) is 4.68. The zero-order valence-corrected chi connectivity index (χ0v) is 23.1. The van der Waals surface area contributed by atoms with E-state index in [2.05, 4.69) is 28.9 Å². The zero-order chi connectivity index (χ0) is 28.1. The average molecular weight is 546 g/mol. The van der Waals surface area contributed by atoms with Crippen LogP contribution in [0, 0.1) is 11.8 Å². The lowest BCUT2D eigenvalue weighted by Gasteiger charge is -2.57. The molecule has 206 valence electrons. The van der Waals surface area contributed by atoms with Gasteiger partial charge in [0.2, 0.25) is 0 Å². The molecular formula is C34H31N3O4. The highest BCUT2D eigenvalue weighted by Gasteiger charge is 2.54. The van der Waals surface area contributed by atoms with Crippen molar-refractivity contribution in [3.8, 4) is 11.8 Å². The van der Waals surface area contributed by atoms with Crippen LogP contribution in [-0.4, -0.2) is 77.5 Å². The lowest BCUT2D eigenvalue weighted by molar-refractivity contribution is -0.148. The maximum atomic E-state index is 13.3. The SMILES string of the molecule is CC1(C)O[C@H]2CN3[C@H](CN4C(=O)c5ccccc5C4=O)[C@H](c4ccc(C#Cc5ccccc5)cc4)[C@@H]3CN=C[C@H]2O1. The summed E-state index contributed by atoms with van der Waals surface area (Å²) in [5.41, 5.74) is 3.99. The Morgan fingerprint density at radius 3 is 2.17 bits per heavy atom. The van der Waals surface area contributed by atoms with Gasteiger partial charge in [-0.05, 0) is 55.8 Å². The molecule has 0 aliphatic carbocycles. The van der Waals surface area contributed by atoms with E-state index in [4.69, 9.17) is 14.5 Å². The molecule has 5 atom stereocenters. The van der Waals surface area contributed by atoms with Crippen molar-refractivity contribution in [1.82, 2.24) is 9.80 Å². The lowest BCUT2D eigenvalue weighted by Crippen LogP contribution is -2.69. The van der Waals surface area contributed by atoms with Gasteiger partial charge >= 0.3 is 0 Å². The smallest absolute Gasteiger partial charge is 0.261 e. The van der Waals surface area contributed by atoms with Crippen molar-refractivity contribution < 1.29 is 19.1 Å². The normalized spacial score (nSPS) is 28.0. The fraction of sp³-hybridized carbons (Fsp3) is 0.324. The Balaban J connectivity index is 1.18. The van der Waals surface area contributed by atoms with Crippen molar-refractivity contribution in [1.29, 1.82) is 0 Å². The molecule has 2 saturated heterocycles. The van der Waals surface area contributed by atoms with E-state index in [1.165, 1.54) is 4.90 Å². The molecule has 7 rings (SSSR count). The van der Waals surface area contributed by atoms with Gasteiger partial charge in [0.25, 0.3) is 11.8 Å². The van der Waals surface area contributed by atoms with Crippen LogP contribution in [0.4, 0.5) is 0 Å². The molecule has 0 radical (unpaired) electrons. The Kier molecular flexibility index (Phi) is 6.35. The summed E-state index contributed by atoms with van der Waals surface area (Å²) in [5, 5.41) is 0. The summed E-state index contributed by atoms with van der Waals surface area (Å²) in [4.78, 5) is 35.2. The molecule has 0 unspecified atom stereocenters. The molecule has 2 fully saturated rings. The number of carbonyl (C=O) groups excluding carboxylic acids is 2. The summed E-state index contributed by atoms with van der Waals surface area (Å²) in [7, 11) is 0. The number of amides is 2. The third-order valence-electron chi connectivity index (χ3n) is 8.51. The Morgan fingerprint density at radius 1 is 0.854 bits per heavy atom. The maximum absolute atomic E-state index is 13.3. The minimum absolute atomic E-state index is 0.0790. The maximum Gasteiger partial charge on any atom is 0.261 e. The second-order valence-electron chi connectivity index (χ2n) is 11.5. The molecule has 4 aliphatic rings. The summed E-state index contributed by atoms with van der Waals surface area (Å²) in [6.45, 7) is 5.37. The van der Waals surface area contributed by atoms with Gasteiger partial charge in [-0.15, -0.1) is 0 Å². The van der Waals surface area contributed by atoms with E-state index in [1.807, 2.05) is 62.5 Å². The van der Waals surface area contributed by atoms with Crippen LogP contribution in [0.5, 0.6) is 0 Å². The number of carbonyl (C=O) groups is 2. The summed E-state index contributed by atoms with van der Waals surface area (Å²) >= 11 is 0. The monoisotopic (exact) mass is 545 g/mol. The largest absolute Gasteiger partial charge is 0.343 e. The number of benzene rings is 3. The number of rotatable bonds is 3. The Morgan fingerprint density at radius 2 is 1.49 bits per heavy atom. The Hall–Kier alpha value is -4.09. The molecule has 4 heterocycles. The molecule has 3 aromatic rings. The molecule has 0 aromatic heterocycles. The van der Waals surface area contributed by atoms with Crippen LogP contribution in [0.2, 0.25) is 0 Å². The molecule has 7 heteroatoms. The first kappa shape index (κ1) is 25.8. The topological polar surface area (TPSA) is 71.4 Å². The average Bonchev–Trinajstić information content (AvgIpc) is 3.40. The minimum Gasteiger partial charge on any atom is -0.343 e. The van der Waals surface area contributed by atoms with E-state index < -0.39 is 5.79 Å². The van der Waals surface area contributed by atoms with Crippen LogP contribution in [0.1, 0.15) is 57.2 Å². The van der Waals surface area contributed by atoms with Gasteiger partial charge in [0, 0.05) is 48.4 Å². The van der Waals surface area contributed by atoms with Crippen molar-refractivity contribution in [3.63, 3.8) is 0 Å². The number of nitrogens with zero attached hydrogens (tertiary/aromatic N) is 3. The molecule has 0 spiro atoms. The number of fused-ring (bicyclic) bond motifs is 3. The summed E-state index contributed by atoms with van der Waals surface area (Å²) in [6.07, 6.45) is 1.47. The quantitative estimate of drug-likeness (QED) is 0.366. The second-order valence-corrected chi connectivity index (χ2v) is 11.5. The molecule has 2 amide bonds. The molecule has 0 saturated carbocycles. The van der Waals surface area contributed by atoms with E-state index in [-0.39, 0.29) is 42.0 Å². The first-order valence-corrected chi connectivity index (χ1v) is 14.1. The summed E-state index contributed by atoms with van der Waals surface area (Å²) < 4.78 is 12.3. The predicted molar refractivity (Wildman–Crippen MR) is 155 cm³/mol. The van der Waals surface area contributed by atoms with Crippen LogP contribution in [0.15, 0.2) is 83.9 Å². The molecule has 41 heavy (non-hydrogen) atoms. The molecule has 7 nitrogen and oxygen atoms in total. The predicted octanol–water partition coefficient (Wildman–Crippen LogP) is 4.12. The molecule has 4 aliphatic heterocycles. The fourth-order valence-electron chi connectivity index (χ4n) is 6.62. The number of aliphatic imine (C=N–C) groups is 1. The third-order valence-corrected chi connectivity index (χ3v) is 8.51. The number of hydrogen-bond donors (Lipinski definition) is 0. The van der Waals surface area contributed by atoms with E-state index in [9.17, 15) is 9.59 Å². The van der Waals surface area contributed by atoms with E-state index in [0.717, 1.165) is 16.7 Å². The standard InChI is InChI=1S/C34H31N3O4/c1-34(2)40-29-19-35-18-27-31(24-16-14-23(15-17-24)13-12-22-8-4-3-5-9-22)28(36(27)21-30(29)41-34)20-37-32(38)25-10-6-7-11-26(25)33(37)39/h3-11,14-17,19,27-31H,18,20-21H2,1-2H3/t27-,28+,29+,30-,31+/m0/s1. The number of hydrogen-bond acceptors (Lipinski definition) is 6. The van der Waals surface area contributed by atoms with E-state index in [1.54, 1.807) is 24.3 Å². The highest BCUT2D eigenvalue weighted by molar-refractivity contribution is 6.21. The fourth-order valence-corrected chi connectivity index (χ4v) is 6.62. The van der Waals surface area contributed by atoms with Gasteiger partial charge in [0.05, 0.1) is 17.7 Å². The van der Waals surface area contributed by atoms with Gasteiger partial charge < -0.3 is 9.47 Å². The first-order valence-electron chi connectivity index (χ1n) is 14.1. The van der Waals surface area contributed by atoms with Crippen LogP contribution < -0.4 is 0 Å². The van der Waals surface area contributed by atoms with Gasteiger partial charge in [-0.3, -0.25) is 24.4 Å². The van der Waals surface area contributed by atoms with Gasteiger partial charge in [-0.1, -0.05) is 54.3 Å². The van der Waals surface area contributed by atoms with Crippen molar-refractivity contribution in [2.24, 2.45) is 4.99 Å². The number of imide groups is 1. The van der Waals surface area contributed by atoms with Crippen LogP contribution >= 0.6 is 0 Å². The second kappa shape index (κ2) is 10.1. The summed E-state index contributed by atoms with van der Waals surface area (Å²) in [6, 6.07) is 25.4. The van der Waals surface area contributed by atoms with Crippen LogP contribution in [-0.2, 0) is 9.47 Å². The van der Waals surface area contributed by atoms with Gasteiger partial charge in [-0.2, -0.15) is 0 Å². The van der Waals surface area contributed by atoms with Gasteiger partial charge in [-0.25, -0.2) is 0 Å². The lowest BCUT2D eigenvalue weighted by atomic mass is 9.73. The molecular weight excluding hydrogens is 514 g/mol. The molecule has 0 bridgehead atoms. The van der Waals surface area contributed by atoms with E-state index >= 15 is 0 Å². The van der Waals surface area contributed by atoms with Crippen LogP contribution in [0.3, 0.4) is 0 Å². The Bertz CT molecular complexity index is 1550. The number of ether oxygens (including phenoxy) is 2. The highest BCUT2D eigenvalue weighted by atomic mass is 16.8. The zero-order valence-electron chi connectivity index (χ0n) is 23.1. The minimum atomic E-state index is -0.694. The van der Waals surface area contributed by atoms with Gasteiger partial charge in [0.15, 0.2) is 5.79 Å². The van der Waals surface area contributed by atoms with Crippen LogP contribution in [0.25, 0.3) is 0 Å². The summed E-state index contributed by atoms with van der Waals surface area (Å²) in [5.74, 6) is 5.39. The molecule has 0 N–H and O–H groups in total. The van der Waals surface area contributed by atoms with Crippen molar-refractivity contribution in [2.75, 3.05) is 19.6 Å². The van der Waals surface area contributed by atoms with Crippen molar-refractivity contribution >= 4 is 18.0 Å².